The Kier molecular flexibility index (Phi) is 6.14. The number of hydrogen-bond acceptors (Lipinski definition) is 2. The van der Waals surface area contributed by atoms with Gasteiger partial charge in [-0.15, -0.1) is 0 Å². The molecule has 0 unspecified atom stereocenters. The van der Waals surface area contributed by atoms with Crippen molar-refractivity contribution in [1.29, 1.82) is 0 Å². The van der Waals surface area contributed by atoms with Crippen LogP contribution in [0, 0.1) is 5.82 Å². The van der Waals surface area contributed by atoms with E-state index in [4.69, 9.17) is 0 Å². The summed E-state index contributed by atoms with van der Waals surface area (Å²) in [7, 11) is 0. The van der Waals surface area contributed by atoms with Crippen molar-refractivity contribution in [3.05, 3.63) is 24.0 Å². The van der Waals surface area contributed by atoms with E-state index in [1.165, 1.54) is 6.07 Å². The molecule has 0 aliphatic rings. The van der Waals surface area contributed by atoms with Gasteiger partial charge in [0.25, 0.3) is 0 Å². The van der Waals surface area contributed by atoms with E-state index in [1.54, 1.807) is 0 Å². The standard InChI is InChI=1S/C13H17F3N2O2/c1-3-8(4-2)17-13(19)18-9-5-6-11(10(14)7-9)20-12(15)16/h5-8,12H,3-4H2,1-2H3,(H2,17,18,19). The van der Waals surface area contributed by atoms with Gasteiger partial charge in [-0.2, -0.15) is 8.78 Å². The molecule has 1 aromatic carbocycles. The van der Waals surface area contributed by atoms with Crippen molar-refractivity contribution < 1.29 is 22.7 Å². The lowest BCUT2D eigenvalue weighted by atomic mass is 10.2. The molecule has 0 bridgehead atoms. The maximum atomic E-state index is 13.4. The van der Waals surface area contributed by atoms with Gasteiger partial charge in [0.2, 0.25) is 0 Å². The van der Waals surface area contributed by atoms with E-state index in [0.29, 0.717) is 0 Å². The van der Waals surface area contributed by atoms with Crippen molar-refractivity contribution >= 4 is 11.7 Å². The average molecular weight is 290 g/mol. The van der Waals surface area contributed by atoms with Gasteiger partial charge in [-0.05, 0) is 25.0 Å². The molecule has 0 aliphatic carbocycles. The van der Waals surface area contributed by atoms with E-state index in [0.717, 1.165) is 25.0 Å². The Bertz CT molecular complexity index is 451. The second-order valence-electron chi connectivity index (χ2n) is 4.14. The Morgan fingerprint density at radius 3 is 2.45 bits per heavy atom. The summed E-state index contributed by atoms with van der Waals surface area (Å²) in [6.45, 7) is 0.774. The number of benzene rings is 1. The normalized spacial score (nSPS) is 10.8. The Morgan fingerprint density at radius 2 is 1.95 bits per heavy atom. The summed E-state index contributed by atoms with van der Waals surface area (Å²) in [5.41, 5.74) is 0.160. The third kappa shape index (κ3) is 4.99. The third-order valence-corrected chi connectivity index (χ3v) is 2.73. The fraction of sp³-hybridized carbons (Fsp3) is 0.462. The Hall–Kier alpha value is -1.92. The zero-order chi connectivity index (χ0) is 15.1. The van der Waals surface area contributed by atoms with E-state index in [9.17, 15) is 18.0 Å². The van der Waals surface area contributed by atoms with Crippen LogP contribution in [0.15, 0.2) is 18.2 Å². The minimum absolute atomic E-state index is 0.0290. The van der Waals surface area contributed by atoms with Gasteiger partial charge in [-0.25, -0.2) is 9.18 Å². The molecule has 1 rings (SSSR count). The van der Waals surface area contributed by atoms with Crippen LogP contribution in [0.4, 0.5) is 23.7 Å². The van der Waals surface area contributed by atoms with E-state index in [2.05, 4.69) is 15.4 Å². The predicted octanol–water partition coefficient (Wildman–Crippen LogP) is 3.74. The molecule has 2 amide bonds. The second kappa shape index (κ2) is 7.62. The van der Waals surface area contributed by atoms with Crippen LogP contribution in [0.5, 0.6) is 5.75 Å². The Balaban J connectivity index is 2.64. The molecule has 7 heteroatoms. The van der Waals surface area contributed by atoms with E-state index >= 15 is 0 Å². The molecule has 4 nitrogen and oxygen atoms in total. The molecule has 112 valence electrons. The van der Waals surface area contributed by atoms with Gasteiger partial charge >= 0.3 is 12.6 Å². The quantitative estimate of drug-likeness (QED) is 0.838. The zero-order valence-electron chi connectivity index (χ0n) is 11.3. The Morgan fingerprint density at radius 1 is 1.30 bits per heavy atom. The molecule has 0 saturated carbocycles. The molecule has 0 radical (unpaired) electrons. The number of ether oxygens (including phenoxy) is 1. The topological polar surface area (TPSA) is 50.4 Å². The van der Waals surface area contributed by atoms with Crippen LogP contribution in [-0.2, 0) is 0 Å². The van der Waals surface area contributed by atoms with Gasteiger partial charge in [-0.3, -0.25) is 0 Å². The molecule has 0 aliphatic heterocycles. The van der Waals surface area contributed by atoms with Crippen molar-refractivity contribution in [2.75, 3.05) is 5.32 Å². The van der Waals surface area contributed by atoms with Gasteiger partial charge in [-0.1, -0.05) is 13.8 Å². The maximum absolute atomic E-state index is 13.4. The van der Waals surface area contributed by atoms with Crippen molar-refractivity contribution in [2.45, 2.75) is 39.3 Å². The smallest absolute Gasteiger partial charge is 0.387 e. The van der Waals surface area contributed by atoms with Crippen LogP contribution < -0.4 is 15.4 Å². The highest BCUT2D eigenvalue weighted by Gasteiger charge is 2.12. The number of hydrogen-bond donors (Lipinski definition) is 2. The van der Waals surface area contributed by atoms with Crippen LogP contribution in [-0.4, -0.2) is 18.7 Å². The van der Waals surface area contributed by atoms with Crippen LogP contribution in [0.25, 0.3) is 0 Å². The monoisotopic (exact) mass is 290 g/mol. The van der Waals surface area contributed by atoms with Crippen molar-refractivity contribution in [2.24, 2.45) is 0 Å². The molecule has 0 aromatic heterocycles. The van der Waals surface area contributed by atoms with Gasteiger partial charge in [0, 0.05) is 17.8 Å². The lowest BCUT2D eigenvalue weighted by Gasteiger charge is -2.15. The summed E-state index contributed by atoms with van der Waals surface area (Å²) < 4.78 is 41.3. The van der Waals surface area contributed by atoms with Crippen molar-refractivity contribution in [3.63, 3.8) is 0 Å². The van der Waals surface area contributed by atoms with Gasteiger partial charge in [0.15, 0.2) is 11.6 Å². The SMILES string of the molecule is CCC(CC)NC(=O)Nc1ccc(OC(F)F)c(F)c1. The number of amides is 2. The first-order valence-electron chi connectivity index (χ1n) is 6.28. The highest BCUT2D eigenvalue weighted by atomic mass is 19.3. The van der Waals surface area contributed by atoms with E-state index in [1.807, 2.05) is 13.8 Å². The number of rotatable bonds is 6. The summed E-state index contributed by atoms with van der Waals surface area (Å²) in [5.74, 6) is -1.53. The molecule has 20 heavy (non-hydrogen) atoms. The van der Waals surface area contributed by atoms with E-state index < -0.39 is 24.2 Å². The molecule has 0 atom stereocenters. The minimum Gasteiger partial charge on any atom is -0.432 e. The molecular weight excluding hydrogens is 273 g/mol. The first-order chi connectivity index (χ1) is 9.46. The van der Waals surface area contributed by atoms with Crippen molar-refractivity contribution in [3.8, 4) is 5.75 Å². The highest BCUT2D eigenvalue weighted by Crippen LogP contribution is 2.22. The number of carbonyl (C=O) groups excluding carboxylic acids is 1. The van der Waals surface area contributed by atoms with Crippen LogP contribution >= 0.6 is 0 Å². The lowest BCUT2D eigenvalue weighted by molar-refractivity contribution is -0.0521. The van der Waals surface area contributed by atoms with Crippen LogP contribution in [0.2, 0.25) is 0 Å². The Labute approximate surface area is 115 Å². The molecule has 0 saturated heterocycles. The fourth-order valence-corrected chi connectivity index (χ4v) is 1.62. The number of alkyl halides is 2. The van der Waals surface area contributed by atoms with Crippen molar-refractivity contribution in [1.82, 2.24) is 5.32 Å². The van der Waals surface area contributed by atoms with E-state index in [-0.39, 0.29) is 11.7 Å². The number of anilines is 1. The largest absolute Gasteiger partial charge is 0.432 e. The summed E-state index contributed by atoms with van der Waals surface area (Å²) in [5, 5.41) is 5.14. The number of carbonyl (C=O) groups is 1. The first kappa shape index (κ1) is 16.1. The third-order valence-electron chi connectivity index (χ3n) is 2.73. The maximum Gasteiger partial charge on any atom is 0.387 e. The molecular formula is C13H17F3N2O2. The fourth-order valence-electron chi connectivity index (χ4n) is 1.62. The van der Waals surface area contributed by atoms with Crippen LogP contribution in [0.1, 0.15) is 26.7 Å². The number of urea groups is 1. The zero-order valence-corrected chi connectivity index (χ0v) is 11.3. The number of halogens is 3. The average Bonchev–Trinajstić information content (AvgIpc) is 2.38. The molecule has 0 heterocycles. The summed E-state index contributed by atoms with van der Waals surface area (Å²) in [4.78, 5) is 11.6. The summed E-state index contributed by atoms with van der Waals surface area (Å²) >= 11 is 0. The highest BCUT2D eigenvalue weighted by molar-refractivity contribution is 5.89. The predicted molar refractivity (Wildman–Crippen MR) is 69.6 cm³/mol. The van der Waals surface area contributed by atoms with Gasteiger partial charge in [0.05, 0.1) is 0 Å². The van der Waals surface area contributed by atoms with Gasteiger partial charge in [0.1, 0.15) is 0 Å². The molecule has 0 spiro atoms. The first-order valence-corrected chi connectivity index (χ1v) is 6.28. The second-order valence-corrected chi connectivity index (χ2v) is 4.14. The molecule has 1 aromatic rings. The van der Waals surface area contributed by atoms with Gasteiger partial charge < -0.3 is 15.4 Å². The molecule has 2 N–H and O–H groups in total. The minimum atomic E-state index is -3.10. The molecule has 0 fully saturated rings. The number of nitrogens with one attached hydrogen (secondary N) is 2. The summed E-state index contributed by atoms with van der Waals surface area (Å²) in [6, 6.07) is 2.80. The van der Waals surface area contributed by atoms with Crippen LogP contribution in [0.3, 0.4) is 0 Å². The lowest BCUT2D eigenvalue weighted by Crippen LogP contribution is -2.37. The summed E-state index contributed by atoms with van der Waals surface area (Å²) in [6.07, 6.45) is 1.55.